The fourth-order valence-corrected chi connectivity index (χ4v) is 8.70. The first-order valence-corrected chi connectivity index (χ1v) is 32.1. The van der Waals surface area contributed by atoms with Gasteiger partial charge in [0.15, 0.2) is 0 Å². The first kappa shape index (κ1) is 80.9. The van der Waals surface area contributed by atoms with E-state index >= 15 is 0 Å². The van der Waals surface area contributed by atoms with Gasteiger partial charge in [0, 0.05) is 77.5 Å². The number of nitrogens with zero attached hydrogens (tertiary/aromatic N) is 6. The number of hydrogen-bond donors (Lipinski definition) is 1. The van der Waals surface area contributed by atoms with Crippen LogP contribution in [0.5, 0.6) is 11.5 Å². The summed E-state index contributed by atoms with van der Waals surface area (Å²) in [5.74, 6) is 1.10. The average Bonchev–Trinajstić information content (AvgIpc) is 3.40. The van der Waals surface area contributed by atoms with Gasteiger partial charge >= 0.3 is 0 Å². The van der Waals surface area contributed by atoms with Gasteiger partial charge < -0.3 is 9.84 Å². The highest BCUT2D eigenvalue weighted by molar-refractivity contribution is 6.31. The van der Waals surface area contributed by atoms with Gasteiger partial charge in [-0.05, 0) is 268 Å². The molecule has 0 unspecified atom stereocenters. The molecule has 8 nitrogen and oxygen atoms in total. The molecule has 6 aromatic rings. The minimum absolute atomic E-state index is 0.117. The summed E-state index contributed by atoms with van der Waals surface area (Å²) in [5.41, 5.74) is 12.6. The molecule has 0 aliphatic carbocycles. The summed E-state index contributed by atoms with van der Waals surface area (Å²) >= 11 is 6.09. The van der Waals surface area contributed by atoms with Gasteiger partial charge in [-0.2, -0.15) is 0 Å². The normalized spacial score (nSPS) is 12.1. The minimum atomic E-state index is -0.162. The SMILES string of the molecule is CCN(Cc1ccc(C)cc1)C(C)(C)C.CCN(Cc1cccc(C)c1)C(C)(C)C.CN(Cc1cccc(F)c1)C(C)(C)C.CN(Cc1cccc(O)c1)C(C)(C)C.COc1cccc(CN(C)C(C)(C)C)c1.Cc1c(Cl)cccc1CN(C)C(C)(C)C. The number of halogens is 2. The Morgan fingerprint density at radius 3 is 1.17 bits per heavy atom. The van der Waals surface area contributed by atoms with Crippen molar-refractivity contribution in [1.82, 2.24) is 29.4 Å². The Morgan fingerprint density at radius 2 is 0.773 bits per heavy atom. The van der Waals surface area contributed by atoms with Crippen LogP contribution in [0.3, 0.4) is 0 Å². The molecule has 0 saturated heterocycles. The maximum atomic E-state index is 12.9. The van der Waals surface area contributed by atoms with Crippen molar-refractivity contribution in [1.29, 1.82) is 0 Å². The second kappa shape index (κ2) is 37.3. The van der Waals surface area contributed by atoms with Crippen molar-refractivity contribution in [3.05, 3.63) is 200 Å². The molecule has 0 atom stereocenters. The van der Waals surface area contributed by atoms with Crippen LogP contribution in [0.15, 0.2) is 140 Å². The van der Waals surface area contributed by atoms with Gasteiger partial charge in [0.1, 0.15) is 17.3 Å². The Hall–Kier alpha value is -5.10. The van der Waals surface area contributed by atoms with Crippen LogP contribution in [0.1, 0.15) is 189 Å². The Morgan fingerprint density at radius 1 is 0.398 bits per heavy atom. The maximum Gasteiger partial charge on any atom is 0.123 e. The Balaban J connectivity index is 0.000000528. The van der Waals surface area contributed by atoms with Crippen LogP contribution >= 0.6 is 11.6 Å². The molecule has 0 bridgehead atoms. The fraction of sp³-hybridized carbons (Fsp3) is 0.538. The van der Waals surface area contributed by atoms with Gasteiger partial charge in [-0.3, -0.25) is 29.4 Å². The molecular formula is C78H124ClFN6O2. The number of aryl methyl sites for hydroxylation is 2. The van der Waals surface area contributed by atoms with Gasteiger partial charge in [-0.1, -0.05) is 134 Å². The molecule has 88 heavy (non-hydrogen) atoms. The zero-order valence-electron chi connectivity index (χ0n) is 60.7. The average molecular weight is 1230 g/mol. The predicted molar refractivity (Wildman–Crippen MR) is 383 cm³/mol. The highest BCUT2D eigenvalue weighted by Crippen LogP contribution is 2.25. The van der Waals surface area contributed by atoms with E-state index in [0.29, 0.717) is 5.75 Å². The smallest absolute Gasteiger partial charge is 0.123 e. The minimum Gasteiger partial charge on any atom is -0.508 e. The van der Waals surface area contributed by atoms with Crippen LogP contribution in [0.2, 0.25) is 5.02 Å². The maximum absolute atomic E-state index is 12.9. The molecule has 10 heteroatoms. The van der Waals surface area contributed by atoms with Crippen LogP contribution in [-0.2, 0) is 39.3 Å². The summed E-state index contributed by atoms with van der Waals surface area (Å²) in [6.07, 6.45) is 0. The Kier molecular flexibility index (Phi) is 34.3. The topological polar surface area (TPSA) is 48.9 Å². The van der Waals surface area contributed by atoms with Crippen molar-refractivity contribution >= 4 is 11.6 Å². The summed E-state index contributed by atoms with van der Waals surface area (Å²) in [6.45, 7) is 58.5. The van der Waals surface area contributed by atoms with E-state index in [4.69, 9.17) is 16.3 Å². The van der Waals surface area contributed by atoms with Crippen LogP contribution in [0.4, 0.5) is 4.39 Å². The summed E-state index contributed by atoms with van der Waals surface area (Å²) < 4.78 is 18.1. The van der Waals surface area contributed by atoms with Gasteiger partial charge in [-0.15, -0.1) is 0 Å². The third-order valence-corrected chi connectivity index (χ3v) is 16.6. The standard InChI is InChI=1S/2C14H23N.C13H20ClN.C13H21NO.C12H18FN.C12H19NO/c1-6-15(14(3,4)5)11-13-9-7-12(2)8-10-13;1-6-15(14(3,4)5)11-13-9-7-8-12(2)10-13;1-10-11(7-6-8-12(10)14)9-15(5)13(2,3)4;1-13(2,3)14(4)10-11-7-6-8-12(9-11)15-5;1-12(2,3)14(4)9-10-6-5-7-11(13)8-10;1-12(2,3)13(4)9-10-6-5-7-11(14)8-10/h2*7-10H,6,11H2,1-5H3;6-8H,9H2,1-5H3;6-9H,10H2,1-5H3;5-8H,9H2,1-4H3;5-8,14H,9H2,1-4H3. The quantitative estimate of drug-likeness (QED) is 0.109. The molecule has 0 aromatic heterocycles. The van der Waals surface area contributed by atoms with E-state index in [2.05, 4.69) is 277 Å². The largest absolute Gasteiger partial charge is 0.508 e. The van der Waals surface area contributed by atoms with E-state index in [9.17, 15) is 9.50 Å². The van der Waals surface area contributed by atoms with Gasteiger partial charge in [0.05, 0.1) is 7.11 Å². The molecule has 0 spiro atoms. The van der Waals surface area contributed by atoms with Crippen molar-refractivity contribution in [2.24, 2.45) is 0 Å². The summed E-state index contributed by atoms with van der Waals surface area (Å²) in [7, 11) is 10.1. The van der Waals surface area contributed by atoms with Crippen LogP contribution in [0, 0.1) is 26.6 Å². The molecule has 6 rings (SSSR count). The van der Waals surface area contributed by atoms with Crippen LogP contribution < -0.4 is 4.74 Å². The lowest BCUT2D eigenvalue weighted by Crippen LogP contribution is -2.40. The number of phenolic OH excluding ortho intramolecular Hbond substituents is 1. The molecular weight excluding hydrogens is 1110 g/mol. The lowest BCUT2D eigenvalue weighted by molar-refractivity contribution is 0.136. The molecule has 0 saturated carbocycles. The second-order valence-corrected chi connectivity index (χ2v) is 30.0. The molecule has 0 radical (unpaired) electrons. The summed E-state index contributed by atoms with van der Waals surface area (Å²) in [4.78, 5) is 14.1. The summed E-state index contributed by atoms with van der Waals surface area (Å²) in [5, 5.41) is 10.2. The predicted octanol–water partition coefficient (Wildman–Crippen LogP) is 19.7. The lowest BCUT2D eigenvalue weighted by atomic mass is 10.0. The van der Waals surface area contributed by atoms with Crippen LogP contribution in [0.25, 0.3) is 0 Å². The van der Waals surface area contributed by atoms with Crippen molar-refractivity contribution in [3.63, 3.8) is 0 Å². The number of benzene rings is 6. The molecule has 1 N–H and O–H groups in total. The number of aromatic hydroxyl groups is 1. The molecule has 0 aliphatic heterocycles. The fourth-order valence-electron chi connectivity index (χ4n) is 8.50. The molecule has 6 aromatic carbocycles. The van der Waals surface area contributed by atoms with E-state index in [-0.39, 0.29) is 39.1 Å². The highest BCUT2D eigenvalue weighted by atomic mass is 35.5. The first-order chi connectivity index (χ1) is 40.4. The van der Waals surface area contributed by atoms with Gasteiger partial charge in [0.2, 0.25) is 0 Å². The number of hydrogen-bond acceptors (Lipinski definition) is 8. The van der Waals surface area contributed by atoms with Gasteiger partial charge in [0.25, 0.3) is 0 Å². The van der Waals surface area contributed by atoms with Crippen LogP contribution in [-0.4, -0.2) is 116 Å². The zero-order chi connectivity index (χ0) is 67.6. The number of methoxy groups -OCH3 is 1. The number of phenols is 1. The molecule has 0 heterocycles. The van der Waals surface area contributed by atoms with E-state index in [1.807, 2.05) is 55.6 Å². The van der Waals surface area contributed by atoms with Crippen molar-refractivity contribution in [2.45, 2.75) is 232 Å². The van der Waals surface area contributed by atoms with E-state index in [1.54, 1.807) is 25.3 Å². The lowest BCUT2D eigenvalue weighted by Gasteiger charge is -2.34. The highest BCUT2D eigenvalue weighted by Gasteiger charge is 2.23. The van der Waals surface area contributed by atoms with Crippen molar-refractivity contribution in [3.8, 4) is 11.5 Å². The third kappa shape index (κ3) is 33.1. The van der Waals surface area contributed by atoms with Crippen molar-refractivity contribution < 1.29 is 14.2 Å². The monoisotopic (exact) mass is 1230 g/mol. The first-order valence-electron chi connectivity index (χ1n) is 31.8. The Labute approximate surface area is 544 Å². The molecule has 0 amide bonds. The van der Waals surface area contributed by atoms with E-state index in [1.165, 1.54) is 45.0 Å². The van der Waals surface area contributed by atoms with Gasteiger partial charge in [-0.25, -0.2) is 4.39 Å². The van der Waals surface area contributed by atoms with E-state index < -0.39 is 0 Å². The van der Waals surface area contributed by atoms with Crippen molar-refractivity contribution in [2.75, 3.05) is 48.4 Å². The second-order valence-electron chi connectivity index (χ2n) is 29.6. The Bertz CT molecular complexity index is 2820. The third-order valence-electron chi connectivity index (χ3n) is 16.2. The molecule has 0 fully saturated rings. The molecule has 492 valence electrons. The van der Waals surface area contributed by atoms with E-state index in [0.717, 1.165) is 74.3 Å². The zero-order valence-corrected chi connectivity index (χ0v) is 61.5. The molecule has 0 aliphatic rings. The number of ether oxygens (including phenoxy) is 1. The number of rotatable bonds is 15. The summed E-state index contributed by atoms with van der Waals surface area (Å²) in [6, 6.07) is 46.1.